The number of carbonyl (C=O) groups is 2. The number of carboxylic acid groups (broad SMARTS) is 1. The first-order valence-corrected chi connectivity index (χ1v) is 7.35. The summed E-state index contributed by atoms with van der Waals surface area (Å²) in [5.74, 6) is -0.353. The maximum Gasteiger partial charge on any atom is 0.303 e. The number of hydrogen-bond acceptors (Lipinski definition) is 4. The van der Waals surface area contributed by atoms with Gasteiger partial charge in [-0.15, -0.1) is 11.3 Å². The first kappa shape index (κ1) is 16.5. The van der Waals surface area contributed by atoms with Gasteiger partial charge in [0.05, 0.1) is 7.11 Å². The van der Waals surface area contributed by atoms with Crippen molar-refractivity contribution in [2.45, 2.75) is 33.1 Å². The number of amides is 1. The van der Waals surface area contributed by atoms with Crippen molar-refractivity contribution >= 4 is 23.2 Å². The van der Waals surface area contributed by atoms with Crippen molar-refractivity contribution < 1.29 is 19.4 Å². The van der Waals surface area contributed by atoms with E-state index in [0.29, 0.717) is 23.6 Å². The van der Waals surface area contributed by atoms with Crippen LogP contribution in [0.4, 0.5) is 0 Å². The average Bonchev–Trinajstić information content (AvgIpc) is 2.84. The molecule has 0 saturated carbocycles. The monoisotopic (exact) mass is 299 g/mol. The average molecular weight is 299 g/mol. The summed E-state index contributed by atoms with van der Waals surface area (Å²) in [7, 11) is 1.54. The zero-order valence-corrected chi connectivity index (χ0v) is 12.9. The van der Waals surface area contributed by atoms with Crippen molar-refractivity contribution in [3.8, 4) is 5.75 Å². The van der Waals surface area contributed by atoms with Crippen molar-refractivity contribution in [3.63, 3.8) is 0 Å². The van der Waals surface area contributed by atoms with Crippen molar-refractivity contribution in [2.75, 3.05) is 13.7 Å². The van der Waals surface area contributed by atoms with Gasteiger partial charge in [0.25, 0.3) is 5.91 Å². The molecular weight excluding hydrogens is 278 g/mol. The summed E-state index contributed by atoms with van der Waals surface area (Å²) in [4.78, 5) is 23.1. The van der Waals surface area contributed by atoms with Crippen LogP contribution in [0.2, 0.25) is 0 Å². The lowest BCUT2D eigenvalue weighted by atomic mass is 9.84. The summed E-state index contributed by atoms with van der Waals surface area (Å²) in [5.41, 5.74) is -0.106. The standard InChI is InChI=1S/C14H21NO4S/c1-14(2,6-4-11(16)17)7-8-15-13(18)12-10(19-3)5-9-20-12/h5,9H,4,6-8H2,1-3H3,(H,15,18)(H,16,17). The smallest absolute Gasteiger partial charge is 0.303 e. The van der Waals surface area contributed by atoms with E-state index < -0.39 is 5.97 Å². The SMILES string of the molecule is COc1ccsc1C(=O)NCCC(C)(C)CCC(=O)O. The topological polar surface area (TPSA) is 75.6 Å². The molecule has 112 valence electrons. The van der Waals surface area contributed by atoms with Crippen LogP contribution in [-0.2, 0) is 4.79 Å². The van der Waals surface area contributed by atoms with Crippen molar-refractivity contribution in [3.05, 3.63) is 16.3 Å². The van der Waals surface area contributed by atoms with Gasteiger partial charge in [-0.1, -0.05) is 13.8 Å². The fourth-order valence-electron chi connectivity index (χ4n) is 1.79. The molecular formula is C14H21NO4S. The minimum atomic E-state index is -0.787. The molecule has 1 rings (SSSR count). The molecule has 0 fully saturated rings. The van der Waals surface area contributed by atoms with E-state index in [-0.39, 0.29) is 17.7 Å². The van der Waals surface area contributed by atoms with Gasteiger partial charge in [-0.3, -0.25) is 9.59 Å². The van der Waals surface area contributed by atoms with Gasteiger partial charge < -0.3 is 15.2 Å². The zero-order chi connectivity index (χ0) is 15.2. The maximum absolute atomic E-state index is 12.0. The number of ether oxygens (including phenoxy) is 1. The van der Waals surface area contributed by atoms with Crippen molar-refractivity contribution in [2.24, 2.45) is 5.41 Å². The van der Waals surface area contributed by atoms with Crippen LogP contribution in [0.5, 0.6) is 5.75 Å². The molecule has 1 amide bonds. The van der Waals surface area contributed by atoms with E-state index in [2.05, 4.69) is 5.32 Å². The molecule has 0 aliphatic carbocycles. The fourth-order valence-corrected chi connectivity index (χ4v) is 2.56. The van der Waals surface area contributed by atoms with Crippen LogP contribution in [0.25, 0.3) is 0 Å². The molecule has 0 aliphatic rings. The predicted octanol–water partition coefficient (Wildman–Crippen LogP) is 2.77. The Balaban J connectivity index is 2.40. The molecule has 0 bridgehead atoms. The van der Waals surface area contributed by atoms with Crippen LogP contribution in [0.3, 0.4) is 0 Å². The highest BCUT2D eigenvalue weighted by Gasteiger charge is 2.20. The molecule has 2 N–H and O–H groups in total. The van der Waals surface area contributed by atoms with E-state index >= 15 is 0 Å². The lowest BCUT2D eigenvalue weighted by Gasteiger charge is -2.23. The molecule has 0 aromatic carbocycles. The van der Waals surface area contributed by atoms with Crippen molar-refractivity contribution in [1.82, 2.24) is 5.32 Å². The van der Waals surface area contributed by atoms with Gasteiger partial charge in [0.1, 0.15) is 10.6 Å². The molecule has 1 aromatic rings. The van der Waals surface area contributed by atoms with Gasteiger partial charge in [-0.05, 0) is 29.7 Å². The molecule has 0 radical (unpaired) electrons. The van der Waals surface area contributed by atoms with E-state index in [1.807, 2.05) is 19.2 Å². The Morgan fingerprint density at radius 1 is 1.40 bits per heavy atom. The Labute approximate surface area is 123 Å². The number of aliphatic carboxylic acids is 1. The summed E-state index contributed by atoms with van der Waals surface area (Å²) >= 11 is 1.34. The van der Waals surface area contributed by atoms with Gasteiger partial charge in [-0.2, -0.15) is 0 Å². The third-order valence-corrected chi connectivity index (χ3v) is 4.05. The third kappa shape index (κ3) is 5.21. The number of rotatable bonds is 8. The largest absolute Gasteiger partial charge is 0.495 e. The van der Waals surface area contributed by atoms with Crippen LogP contribution in [0.15, 0.2) is 11.4 Å². The van der Waals surface area contributed by atoms with E-state index in [0.717, 1.165) is 6.42 Å². The Bertz CT molecular complexity index is 467. The zero-order valence-electron chi connectivity index (χ0n) is 12.1. The quantitative estimate of drug-likeness (QED) is 0.774. The number of thiophene rings is 1. The van der Waals surface area contributed by atoms with Crippen LogP contribution in [-0.4, -0.2) is 30.6 Å². The molecule has 0 atom stereocenters. The predicted molar refractivity (Wildman–Crippen MR) is 78.5 cm³/mol. The second kappa shape index (κ2) is 7.28. The van der Waals surface area contributed by atoms with Crippen LogP contribution in [0.1, 0.15) is 42.8 Å². The summed E-state index contributed by atoms with van der Waals surface area (Å²) in [6.07, 6.45) is 1.49. The Morgan fingerprint density at radius 3 is 2.70 bits per heavy atom. The van der Waals surface area contributed by atoms with Gasteiger partial charge in [0, 0.05) is 13.0 Å². The van der Waals surface area contributed by atoms with E-state index in [1.54, 1.807) is 6.07 Å². The molecule has 20 heavy (non-hydrogen) atoms. The molecule has 0 saturated heterocycles. The number of hydrogen-bond donors (Lipinski definition) is 2. The molecule has 0 unspecified atom stereocenters. The van der Waals surface area contributed by atoms with E-state index in [4.69, 9.17) is 9.84 Å². The normalized spacial score (nSPS) is 11.2. The summed E-state index contributed by atoms with van der Waals surface area (Å²) in [6, 6.07) is 1.76. The van der Waals surface area contributed by atoms with Gasteiger partial charge >= 0.3 is 5.97 Å². The molecule has 0 spiro atoms. The van der Waals surface area contributed by atoms with Gasteiger partial charge in [0.15, 0.2) is 0 Å². The molecule has 1 aromatic heterocycles. The van der Waals surface area contributed by atoms with Crippen molar-refractivity contribution in [1.29, 1.82) is 0 Å². The number of nitrogens with one attached hydrogen (secondary N) is 1. The molecule has 1 heterocycles. The number of carbonyl (C=O) groups excluding carboxylic acids is 1. The first-order valence-electron chi connectivity index (χ1n) is 6.47. The first-order chi connectivity index (χ1) is 9.35. The van der Waals surface area contributed by atoms with Gasteiger partial charge in [0.2, 0.25) is 0 Å². The third-order valence-electron chi connectivity index (χ3n) is 3.16. The molecule has 5 nitrogen and oxygen atoms in total. The Hall–Kier alpha value is -1.56. The molecule has 0 aliphatic heterocycles. The van der Waals surface area contributed by atoms with E-state index in [1.165, 1.54) is 18.4 Å². The molecule has 6 heteroatoms. The second-order valence-electron chi connectivity index (χ2n) is 5.38. The van der Waals surface area contributed by atoms with E-state index in [9.17, 15) is 9.59 Å². The highest BCUT2D eigenvalue weighted by atomic mass is 32.1. The fraction of sp³-hybridized carbons (Fsp3) is 0.571. The minimum absolute atomic E-state index is 0.106. The minimum Gasteiger partial charge on any atom is -0.495 e. The second-order valence-corrected chi connectivity index (χ2v) is 6.30. The number of methoxy groups -OCH3 is 1. The van der Waals surface area contributed by atoms with Gasteiger partial charge in [-0.25, -0.2) is 0 Å². The Morgan fingerprint density at radius 2 is 2.10 bits per heavy atom. The lowest BCUT2D eigenvalue weighted by molar-refractivity contribution is -0.137. The van der Waals surface area contributed by atoms with Crippen LogP contribution in [0, 0.1) is 5.41 Å². The number of carboxylic acids is 1. The van der Waals surface area contributed by atoms with Crippen LogP contribution < -0.4 is 10.1 Å². The van der Waals surface area contributed by atoms with Crippen LogP contribution >= 0.6 is 11.3 Å². The highest BCUT2D eigenvalue weighted by Crippen LogP contribution is 2.27. The maximum atomic E-state index is 12.0. The summed E-state index contributed by atoms with van der Waals surface area (Å²) in [5, 5.41) is 13.3. The summed E-state index contributed by atoms with van der Waals surface area (Å²) < 4.78 is 5.10. The summed E-state index contributed by atoms with van der Waals surface area (Å²) in [6.45, 7) is 4.54. The Kier molecular flexibility index (Phi) is 6.01. The highest BCUT2D eigenvalue weighted by molar-refractivity contribution is 7.12. The lowest BCUT2D eigenvalue weighted by Crippen LogP contribution is -2.28.